The maximum Gasteiger partial charge on any atom is 0.179 e. The summed E-state index contributed by atoms with van der Waals surface area (Å²) >= 11 is 6.42. The van der Waals surface area contributed by atoms with E-state index in [0.717, 1.165) is 18.5 Å². The minimum absolute atomic E-state index is 0.0995. The van der Waals surface area contributed by atoms with E-state index in [1.807, 2.05) is 24.7 Å². The Morgan fingerprint density at radius 2 is 2.08 bits per heavy atom. The van der Waals surface area contributed by atoms with Crippen LogP contribution in [0.1, 0.15) is 39.7 Å². The van der Waals surface area contributed by atoms with Gasteiger partial charge in [-0.25, -0.2) is 4.98 Å². The van der Waals surface area contributed by atoms with Crippen LogP contribution in [0.5, 0.6) is 11.5 Å². The van der Waals surface area contributed by atoms with E-state index in [0.29, 0.717) is 29.7 Å². The van der Waals surface area contributed by atoms with Crippen LogP contribution in [-0.4, -0.2) is 29.3 Å². The third-order valence-corrected chi connectivity index (χ3v) is 4.57. The van der Waals surface area contributed by atoms with Crippen molar-refractivity contribution in [3.63, 3.8) is 0 Å². The Labute approximate surface area is 161 Å². The number of imidazole rings is 1. The molecule has 0 aliphatic heterocycles. The third kappa shape index (κ3) is 5.64. The van der Waals surface area contributed by atoms with Gasteiger partial charge in [0, 0.05) is 31.5 Å². The van der Waals surface area contributed by atoms with Gasteiger partial charge in [0.2, 0.25) is 0 Å². The number of rotatable bonds is 9. The summed E-state index contributed by atoms with van der Waals surface area (Å²) in [5.41, 5.74) is 1.16. The molecule has 1 aromatic carbocycles. The fourth-order valence-electron chi connectivity index (χ4n) is 2.71. The fourth-order valence-corrected chi connectivity index (χ4v) is 3.00. The van der Waals surface area contributed by atoms with Crippen molar-refractivity contribution in [1.82, 2.24) is 14.9 Å². The summed E-state index contributed by atoms with van der Waals surface area (Å²) < 4.78 is 13.3. The van der Waals surface area contributed by atoms with E-state index in [9.17, 15) is 0 Å². The number of hydrogen-bond donors (Lipinski definition) is 1. The van der Waals surface area contributed by atoms with E-state index in [2.05, 4.69) is 42.6 Å². The molecule has 0 aliphatic rings. The van der Waals surface area contributed by atoms with Gasteiger partial charge in [0.15, 0.2) is 11.5 Å². The molecule has 0 bridgehead atoms. The summed E-state index contributed by atoms with van der Waals surface area (Å²) in [6, 6.07) is 4.21. The van der Waals surface area contributed by atoms with E-state index in [-0.39, 0.29) is 11.5 Å². The number of hydrogen-bond acceptors (Lipinski definition) is 4. The second-order valence-corrected chi connectivity index (χ2v) is 7.92. The lowest BCUT2D eigenvalue weighted by Gasteiger charge is -2.32. The lowest BCUT2D eigenvalue weighted by Crippen LogP contribution is -2.43. The number of halogens is 1. The van der Waals surface area contributed by atoms with Crippen LogP contribution in [0.3, 0.4) is 0 Å². The van der Waals surface area contributed by atoms with Crippen molar-refractivity contribution in [3.05, 3.63) is 41.4 Å². The highest BCUT2D eigenvalue weighted by Gasteiger charge is 2.24. The van der Waals surface area contributed by atoms with Gasteiger partial charge in [-0.1, -0.05) is 39.3 Å². The molecule has 1 aromatic heterocycles. The van der Waals surface area contributed by atoms with Crippen molar-refractivity contribution >= 4 is 11.6 Å². The number of ether oxygens (including phenoxy) is 2. The molecule has 5 nitrogen and oxygen atoms in total. The lowest BCUT2D eigenvalue weighted by molar-refractivity contribution is 0.240. The Hall–Kier alpha value is -1.72. The fraction of sp³-hybridized carbons (Fsp3) is 0.550. The Bertz CT molecular complexity index is 681. The normalized spacial score (nSPS) is 12.8. The average molecular weight is 380 g/mol. The van der Waals surface area contributed by atoms with Gasteiger partial charge in [0.25, 0.3) is 0 Å². The predicted molar refractivity (Wildman–Crippen MR) is 106 cm³/mol. The van der Waals surface area contributed by atoms with E-state index >= 15 is 0 Å². The molecular formula is C20H30ClN3O2. The second kappa shape index (κ2) is 9.28. The maximum atomic E-state index is 6.42. The largest absolute Gasteiger partial charge is 0.493 e. The zero-order chi connectivity index (χ0) is 19.2. The van der Waals surface area contributed by atoms with Crippen LogP contribution in [0.15, 0.2) is 30.9 Å². The van der Waals surface area contributed by atoms with E-state index in [1.54, 1.807) is 13.3 Å². The Kier molecular flexibility index (Phi) is 7.35. The summed E-state index contributed by atoms with van der Waals surface area (Å²) in [5.74, 6) is 1.29. The summed E-state index contributed by atoms with van der Waals surface area (Å²) in [4.78, 5) is 4.13. The predicted octanol–water partition coefficient (Wildman–Crippen LogP) is 4.54. The van der Waals surface area contributed by atoms with Gasteiger partial charge in [-0.05, 0) is 29.5 Å². The van der Waals surface area contributed by atoms with E-state index in [1.165, 1.54) is 0 Å². The molecule has 0 fully saturated rings. The molecule has 1 heterocycles. The quantitative estimate of drug-likeness (QED) is 0.694. The van der Waals surface area contributed by atoms with Gasteiger partial charge in [-0.3, -0.25) is 0 Å². The second-order valence-electron chi connectivity index (χ2n) is 7.52. The first-order valence-electron chi connectivity index (χ1n) is 9.03. The van der Waals surface area contributed by atoms with Gasteiger partial charge in [-0.2, -0.15) is 0 Å². The Morgan fingerprint density at radius 1 is 1.31 bits per heavy atom. The molecule has 0 aliphatic carbocycles. The van der Waals surface area contributed by atoms with Gasteiger partial charge < -0.3 is 19.4 Å². The molecule has 0 saturated heterocycles. The molecule has 1 atom stereocenters. The lowest BCUT2D eigenvalue weighted by atomic mass is 9.86. The van der Waals surface area contributed by atoms with Crippen LogP contribution in [-0.2, 0) is 13.1 Å². The molecule has 0 amide bonds. The minimum Gasteiger partial charge on any atom is -0.493 e. The summed E-state index contributed by atoms with van der Waals surface area (Å²) in [7, 11) is 1.64. The monoisotopic (exact) mass is 379 g/mol. The van der Waals surface area contributed by atoms with Gasteiger partial charge in [-0.15, -0.1) is 0 Å². The van der Waals surface area contributed by atoms with E-state index < -0.39 is 0 Å². The van der Waals surface area contributed by atoms with Crippen LogP contribution >= 0.6 is 11.6 Å². The number of nitrogens with zero attached hydrogens (tertiary/aromatic N) is 2. The van der Waals surface area contributed by atoms with Crippen LogP contribution in [0.2, 0.25) is 5.02 Å². The first kappa shape index (κ1) is 20.6. The number of nitrogens with one attached hydrogen (secondary N) is 1. The summed E-state index contributed by atoms with van der Waals surface area (Å²) in [5, 5.41) is 4.23. The molecule has 6 heteroatoms. The van der Waals surface area contributed by atoms with Crippen LogP contribution in [0.4, 0.5) is 0 Å². The third-order valence-electron chi connectivity index (χ3n) is 4.29. The van der Waals surface area contributed by atoms with Crippen LogP contribution < -0.4 is 14.8 Å². The summed E-state index contributed by atoms with van der Waals surface area (Å²) in [6.45, 7) is 10.9. The smallest absolute Gasteiger partial charge is 0.179 e. The Morgan fingerprint density at radius 3 is 2.65 bits per heavy atom. The minimum atomic E-state index is 0.0995. The molecule has 0 radical (unpaired) electrons. The topological polar surface area (TPSA) is 48.3 Å². The van der Waals surface area contributed by atoms with Crippen molar-refractivity contribution in [3.8, 4) is 11.5 Å². The molecule has 0 unspecified atom stereocenters. The summed E-state index contributed by atoms with van der Waals surface area (Å²) in [6.07, 6.45) is 6.56. The molecule has 0 saturated carbocycles. The molecule has 1 N–H and O–H groups in total. The highest BCUT2D eigenvalue weighted by molar-refractivity contribution is 6.32. The zero-order valence-electron chi connectivity index (χ0n) is 16.4. The average Bonchev–Trinajstić information content (AvgIpc) is 3.09. The number of benzene rings is 1. The Balaban J connectivity index is 2.11. The number of methoxy groups -OCH3 is 1. The molecule has 26 heavy (non-hydrogen) atoms. The van der Waals surface area contributed by atoms with Crippen molar-refractivity contribution in [2.45, 2.75) is 53.2 Å². The molecule has 0 spiro atoms. The van der Waals surface area contributed by atoms with Crippen molar-refractivity contribution in [2.75, 3.05) is 13.7 Å². The van der Waals surface area contributed by atoms with Gasteiger partial charge in [0.05, 0.1) is 25.1 Å². The highest BCUT2D eigenvalue weighted by Crippen LogP contribution is 2.36. The molecular weight excluding hydrogens is 350 g/mol. The first-order valence-corrected chi connectivity index (χ1v) is 9.41. The standard InChI is InChI=1S/C20H30ClN3O2/c1-6-9-26-19-16(21)10-15(11-17(19)25-5)12-23-18(20(2,3)4)13-24-8-7-22-14-24/h7-8,10-11,14,18,23H,6,9,12-13H2,1-5H3/t18-/m1/s1. The SMILES string of the molecule is CCCOc1c(Cl)cc(CN[C@H](Cn2ccnc2)C(C)(C)C)cc1OC. The van der Waals surface area contributed by atoms with Crippen molar-refractivity contribution < 1.29 is 9.47 Å². The zero-order valence-corrected chi connectivity index (χ0v) is 17.1. The van der Waals surface area contributed by atoms with Crippen molar-refractivity contribution in [2.24, 2.45) is 5.41 Å². The van der Waals surface area contributed by atoms with Crippen LogP contribution in [0, 0.1) is 5.41 Å². The first-order chi connectivity index (χ1) is 12.3. The molecule has 2 aromatic rings. The van der Waals surface area contributed by atoms with Gasteiger partial charge >= 0.3 is 0 Å². The van der Waals surface area contributed by atoms with Crippen molar-refractivity contribution in [1.29, 1.82) is 0 Å². The molecule has 2 rings (SSSR count). The highest BCUT2D eigenvalue weighted by atomic mass is 35.5. The van der Waals surface area contributed by atoms with Gasteiger partial charge in [0.1, 0.15) is 0 Å². The molecule has 144 valence electrons. The van der Waals surface area contributed by atoms with E-state index in [4.69, 9.17) is 21.1 Å². The van der Waals surface area contributed by atoms with Crippen LogP contribution in [0.25, 0.3) is 0 Å². The number of aromatic nitrogens is 2. The maximum absolute atomic E-state index is 6.42.